The van der Waals surface area contributed by atoms with Gasteiger partial charge >= 0.3 is 5.97 Å². The smallest absolute Gasteiger partial charge is 0.325 e. The summed E-state index contributed by atoms with van der Waals surface area (Å²) < 4.78 is 4.72. The lowest BCUT2D eigenvalue weighted by Crippen LogP contribution is -2.35. The normalized spacial score (nSPS) is 12.1. The molecule has 0 radical (unpaired) electrons. The summed E-state index contributed by atoms with van der Waals surface area (Å²) in [4.78, 5) is 11.1. The molecule has 6 heteroatoms. The zero-order chi connectivity index (χ0) is 12.1. The van der Waals surface area contributed by atoms with Gasteiger partial charge in [-0.15, -0.1) is 0 Å². The van der Waals surface area contributed by atoms with Crippen LogP contribution in [0.4, 0.5) is 0 Å². The van der Waals surface area contributed by atoms with E-state index in [0.29, 0.717) is 0 Å². The summed E-state index contributed by atoms with van der Waals surface area (Å²) in [5.41, 5.74) is 5.47. The van der Waals surface area contributed by atoms with Crippen LogP contribution >= 0.6 is 0 Å². The number of aliphatic hydroxyl groups excluding tert-OH is 1. The molecule has 6 nitrogen and oxygen atoms in total. The van der Waals surface area contributed by atoms with Crippen LogP contribution in [0.2, 0.25) is 0 Å². The Morgan fingerprint density at radius 3 is 2.75 bits per heavy atom. The molecule has 0 unspecified atom stereocenters. The summed E-state index contributed by atoms with van der Waals surface area (Å²) in [6.07, 6.45) is 0. The minimum Gasteiger partial charge on any atom is -0.504 e. The maximum atomic E-state index is 11.1. The second kappa shape index (κ2) is 5.34. The molecule has 0 heterocycles. The van der Waals surface area contributed by atoms with E-state index in [2.05, 4.69) is 0 Å². The highest BCUT2D eigenvalue weighted by Crippen LogP contribution is 2.28. The summed E-state index contributed by atoms with van der Waals surface area (Å²) in [5.74, 6) is -1.40. The Balaban J connectivity index is 2.61. The van der Waals surface area contributed by atoms with Crippen molar-refractivity contribution in [3.05, 3.63) is 23.8 Å². The van der Waals surface area contributed by atoms with Crippen LogP contribution in [0.1, 0.15) is 5.56 Å². The monoisotopic (exact) mass is 227 g/mol. The fourth-order valence-electron chi connectivity index (χ4n) is 1.02. The molecule has 1 aromatic rings. The van der Waals surface area contributed by atoms with E-state index in [4.69, 9.17) is 20.7 Å². The number of aromatic hydroxyl groups is 2. The number of nitrogens with two attached hydrogens (primary N) is 1. The van der Waals surface area contributed by atoms with E-state index in [1.165, 1.54) is 18.2 Å². The van der Waals surface area contributed by atoms with Gasteiger partial charge in [-0.1, -0.05) is 12.1 Å². The van der Waals surface area contributed by atoms with Gasteiger partial charge < -0.3 is 25.8 Å². The number of esters is 1. The Morgan fingerprint density at radius 1 is 1.44 bits per heavy atom. The summed E-state index contributed by atoms with van der Waals surface area (Å²) >= 11 is 0. The quantitative estimate of drug-likeness (QED) is 0.406. The number of ether oxygens (including phenoxy) is 1. The molecular formula is C10H13NO5. The number of phenols is 2. The van der Waals surface area contributed by atoms with Gasteiger partial charge in [-0.05, 0) is 6.07 Å². The van der Waals surface area contributed by atoms with E-state index >= 15 is 0 Å². The Labute approximate surface area is 91.9 Å². The molecule has 0 aliphatic heterocycles. The number of phenolic OH excluding ortho intramolecular Hbond substituents is 2. The Kier molecular flexibility index (Phi) is 4.10. The molecule has 0 saturated heterocycles. The van der Waals surface area contributed by atoms with Crippen molar-refractivity contribution in [1.82, 2.24) is 0 Å². The van der Waals surface area contributed by atoms with Gasteiger partial charge in [-0.2, -0.15) is 0 Å². The molecule has 0 saturated carbocycles. The number of carbonyl (C=O) groups excluding carboxylic acids is 1. The first-order valence-electron chi connectivity index (χ1n) is 4.59. The second-order valence-corrected chi connectivity index (χ2v) is 3.18. The summed E-state index contributed by atoms with van der Waals surface area (Å²) in [5, 5.41) is 27.1. The first-order chi connectivity index (χ1) is 7.56. The average molecular weight is 227 g/mol. The minimum absolute atomic E-state index is 0.216. The maximum Gasteiger partial charge on any atom is 0.325 e. The van der Waals surface area contributed by atoms with Crippen LogP contribution in [0.15, 0.2) is 18.2 Å². The van der Waals surface area contributed by atoms with Crippen LogP contribution in [0.25, 0.3) is 0 Å². The Hall–Kier alpha value is -1.79. The highest BCUT2D eigenvalue weighted by molar-refractivity contribution is 5.75. The molecule has 1 atom stereocenters. The zero-order valence-electron chi connectivity index (χ0n) is 8.46. The molecule has 0 spiro atoms. The van der Waals surface area contributed by atoms with Crippen LogP contribution in [-0.2, 0) is 16.1 Å². The Morgan fingerprint density at radius 2 is 2.12 bits per heavy atom. The molecule has 0 bridgehead atoms. The van der Waals surface area contributed by atoms with Gasteiger partial charge in [0.15, 0.2) is 11.5 Å². The number of hydrogen-bond acceptors (Lipinski definition) is 6. The van der Waals surface area contributed by atoms with Gasteiger partial charge in [0, 0.05) is 5.56 Å². The Bertz CT molecular complexity index is 379. The van der Waals surface area contributed by atoms with E-state index in [1.807, 2.05) is 0 Å². The van der Waals surface area contributed by atoms with Crippen molar-refractivity contribution in [3.63, 3.8) is 0 Å². The molecule has 0 amide bonds. The van der Waals surface area contributed by atoms with E-state index in [0.717, 1.165) is 0 Å². The van der Waals surface area contributed by atoms with Crippen LogP contribution in [0.3, 0.4) is 0 Å². The fourth-order valence-corrected chi connectivity index (χ4v) is 1.02. The van der Waals surface area contributed by atoms with E-state index in [-0.39, 0.29) is 23.7 Å². The maximum absolute atomic E-state index is 11.1. The molecule has 1 aromatic carbocycles. The summed E-state index contributed by atoms with van der Waals surface area (Å²) in [7, 11) is 0. The van der Waals surface area contributed by atoms with Crippen molar-refractivity contribution in [2.75, 3.05) is 6.61 Å². The molecule has 1 rings (SSSR count). The molecule has 0 fully saturated rings. The number of benzene rings is 1. The van der Waals surface area contributed by atoms with Crippen molar-refractivity contribution in [1.29, 1.82) is 0 Å². The molecule has 0 aromatic heterocycles. The standard InChI is InChI=1S/C10H13NO5/c11-7(4-12)10(15)16-5-6-2-1-3-8(13)9(6)14/h1-3,7,12-14H,4-5,11H2/t7-/m0/s1. The summed E-state index contributed by atoms with van der Waals surface area (Å²) in [6.45, 7) is -0.725. The lowest BCUT2D eigenvalue weighted by Gasteiger charge is -2.10. The van der Waals surface area contributed by atoms with E-state index in [9.17, 15) is 9.90 Å². The predicted molar refractivity (Wildman–Crippen MR) is 54.6 cm³/mol. The van der Waals surface area contributed by atoms with Crippen molar-refractivity contribution < 1.29 is 24.9 Å². The van der Waals surface area contributed by atoms with Gasteiger partial charge in [-0.25, -0.2) is 0 Å². The number of para-hydroxylation sites is 1. The number of carbonyl (C=O) groups is 1. The van der Waals surface area contributed by atoms with E-state index in [1.54, 1.807) is 0 Å². The predicted octanol–water partition coefficient (Wildman–Crippen LogP) is -0.539. The highest BCUT2D eigenvalue weighted by Gasteiger charge is 2.15. The third-order valence-corrected chi connectivity index (χ3v) is 1.97. The molecule has 0 aliphatic rings. The van der Waals surface area contributed by atoms with Gasteiger partial charge in [0.2, 0.25) is 0 Å². The molecule has 88 valence electrons. The van der Waals surface area contributed by atoms with Crippen molar-refractivity contribution in [2.45, 2.75) is 12.6 Å². The van der Waals surface area contributed by atoms with Crippen molar-refractivity contribution in [2.24, 2.45) is 5.73 Å². The largest absolute Gasteiger partial charge is 0.504 e. The lowest BCUT2D eigenvalue weighted by molar-refractivity contribution is -0.147. The topological polar surface area (TPSA) is 113 Å². The molecule has 16 heavy (non-hydrogen) atoms. The fraction of sp³-hybridized carbons (Fsp3) is 0.300. The van der Waals surface area contributed by atoms with Crippen molar-refractivity contribution >= 4 is 5.97 Å². The molecule has 5 N–H and O–H groups in total. The van der Waals surface area contributed by atoms with E-state index < -0.39 is 18.6 Å². The highest BCUT2D eigenvalue weighted by atomic mass is 16.5. The number of aliphatic hydroxyl groups is 1. The van der Waals surface area contributed by atoms with Gasteiger partial charge in [0.1, 0.15) is 12.6 Å². The average Bonchev–Trinajstić information content (AvgIpc) is 2.29. The molecule has 0 aliphatic carbocycles. The zero-order valence-corrected chi connectivity index (χ0v) is 8.46. The first kappa shape index (κ1) is 12.3. The number of rotatable bonds is 4. The lowest BCUT2D eigenvalue weighted by atomic mass is 10.2. The van der Waals surface area contributed by atoms with Gasteiger partial charge in [0.25, 0.3) is 0 Å². The van der Waals surface area contributed by atoms with Gasteiger partial charge in [0.05, 0.1) is 6.61 Å². The summed E-state index contributed by atoms with van der Waals surface area (Å²) in [6, 6.07) is 3.20. The van der Waals surface area contributed by atoms with Gasteiger partial charge in [-0.3, -0.25) is 4.79 Å². The third kappa shape index (κ3) is 2.85. The minimum atomic E-state index is -1.10. The van der Waals surface area contributed by atoms with Crippen LogP contribution < -0.4 is 5.73 Å². The number of hydrogen-bond donors (Lipinski definition) is 4. The van der Waals surface area contributed by atoms with Crippen LogP contribution in [0, 0.1) is 0 Å². The molecular weight excluding hydrogens is 214 g/mol. The van der Waals surface area contributed by atoms with Crippen LogP contribution in [0.5, 0.6) is 11.5 Å². The van der Waals surface area contributed by atoms with Crippen LogP contribution in [-0.4, -0.2) is 33.9 Å². The second-order valence-electron chi connectivity index (χ2n) is 3.18. The van der Waals surface area contributed by atoms with Crippen molar-refractivity contribution in [3.8, 4) is 11.5 Å². The SMILES string of the molecule is N[C@@H](CO)C(=O)OCc1cccc(O)c1O. The third-order valence-electron chi connectivity index (χ3n) is 1.97. The first-order valence-corrected chi connectivity index (χ1v) is 4.59.